The van der Waals surface area contributed by atoms with E-state index >= 15 is 0 Å². The molecule has 0 unspecified atom stereocenters. The fourth-order valence-corrected chi connectivity index (χ4v) is 2.70. The summed E-state index contributed by atoms with van der Waals surface area (Å²) in [6.45, 7) is 4.08. The van der Waals surface area contributed by atoms with E-state index in [4.69, 9.17) is 0 Å². The summed E-state index contributed by atoms with van der Waals surface area (Å²) in [7, 11) is 0. The number of aromatic nitrogens is 4. The number of hydrogen-bond donors (Lipinski definition) is 0. The Morgan fingerprint density at radius 1 is 1.16 bits per heavy atom. The van der Waals surface area contributed by atoms with Gasteiger partial charge in [0, 0.05) is 37.6 Å². The monoisotopic (exact) mass is 255 g/mol. The second-order valence-electron chi connectivity index (χ2n) is 4.94. The lowest BCUT2D eigenvalue weighted by atomic mass is 9.92. The van der Waals surface area contributed by atoms with Crippen molar-refractivity contribution in [2.45, 2.75) is 25.7 Å². The molecule has 1 aliphatic rings. The largest absolute Gasteiger partial charge is 0.355 e. The summed E-state index contributed by atoms with van der Waals surface area (Å²) in [6.07, 6.45) is 11.1. The average Bonchev–Trinajstić information content (AvgIpc) is 2.49. The Morgan fingerprint density at radius 3 is 2.89 bits per heavy atom. The van der Waals surface area contributed by atoms with Gasteiger partial charge in [0.15, 0.2) is 0 Å². The zero-order chi connectivity index (χ0) is 13.1. The van der Waals surface area contributed by atoms with Crippen LogP contribution in [0.2, 0.25) is 0 Å². The van der Waals surface area contributed by atoms with E-state index in [1.165, 1.54) is 17.7 Å². The summed E-state index contributed by atoms with van der Waals surface area (Å²) in [5, 5.41) is 0. The quantitative estimate of drug-likeness (QED) is 0.821. The van der Waals surface area contributed by atoms with Crippen molar-refractivity contribution in [2.75, 3.05) is 18.0 Å². The minimum atomic E-state index is 0.457. The van der Waals surface area contributed by atoms with E-state index in [0.29, 0.717) is 5.92 Å². The highest BCUT2D eigenvalue weighted by Crippen LogP contribution is 2.28. The first-order chi connectivity index (χ1) is 9.34. The van der Waals surface area contributed by atoms with E-state index in [1.54, 1.807) is 18.7 Å². The number of hydrogen-bond acceptors (Lipinski definition) is 5. The maximum Gasteiger partial charge on any atom is 0.147 e. The smallest absolute Gasteiger partial charge is 0.147 e. The van der Waals surface area contributed by atoms with Crippen molar-refractivity contribution in [3.63, 3.8) is 0 Å². The van der Waals surface area contributed by atoms with Crippen molar-refractivity contribution >= 4 is 5.82 Å². The molecule has 2 aromatic heterocycles. The van der Waals surface area contributed by atoms with Gasteiger partial charge in [-0.1, -0.05) is 0 Å². The second kappa shape index (κ2) is 5.30. The molecule has 0 amide bonds. The Morgan fingerprint density at radius 2 is 2.11 bits per heavy atom. The van der Waals surface area contributed by atoms with Crippen molar-refractivity contribution in [1.82, 2.24) is 19.9 Å². The van der Waals surface area contributed by atoms with E-state index in [0.717, 1.165) is 25.3 Å². The summed E-state index contributed by atoms with van der Waals surface area (Å²) >= 11 is 0. The standard InChI is InChI=1S/C14H17N5/c1-11-7-16-10-18-14(11)12-3-2-6-19(9-12)13-8-15-4-5-17-13/h4-5,7-8,10,12H,2-3,6,9H2,1H3/t12-/m1/s1. The minimum absolute atomic E-state index is 0.457. The van der Waals surface area contributed by atoms with Crippen molar-refractivity contribution in [2.24, 2.45) is 0 Å². The number of anilines is 1. The highest BCUT2D eigenvalue weighted by atomic mass is 15.2. The zero-order valence-electron chi connectivity index (χ0n) is 11.0. The fourth-order valence-electron chi connectivity index (χ4n) is 2.70. The molecule has 0 radical (unpaired) electrons. The minimum Gasteiger partial charge on any atom is -0.355 e. The predicted octanol–water partition coefficient (Wildman–Crippen LogP) is 1.96. The molecule has 0 saturated carbocycles. The van der Waals surface area contributed by atoms with Gasteiger partial charge < -0.3 is 4.90 Å². The summed E-state index contributed by atoms with van der Waals surface area (Å²) in [5.41, 5.74) is 2.34. The van der Waals surface area contributed by atoms with Crippen LogP contribution in [0.1, 0.15) is 30.0 Å². The predicted molar refractivity (Wildman–Crippen MR) is 73.0 cm³/mol. The lowest BCUT2D eigenvalue weighted by molar-refractivity contribution is 0.495. The van der Waals surface area contributed by atoms with Gasteiger partial charge in [0.2, 0.25) is 0 Å². The van der Waals surface area contributed by atoms with Crippen LogP contribution < -0.4 is 4.90 Å². The molecule has 1 saturated heterocycles. The molecule has 0 aromatic carbocycles. The van der Waals surface area contributed by atoms with Crippen LogP contribution in [0.15, 0.2) is 31.1 Å². The van der Waals surface area contributed by atoms with Gasteiger partial charge in [0.25, 0.3) is 0 Å². The lowest BCUT2D eigenvalue weighted by Crippen LogP contribution is -2.35. The Hall–Kier alpha value is -2.04. The van der Waals surface area contributed by atoms with Gasteiger partial charge in [-0.2, -0.15) is 0 Å². The van der Waals surface area contributed by atoms with Crippen LogP contribution in [-0.4, -0.2) is 33.0 Å². The Bertz CT molecular complexity index is 543. The first kappa shape index (κ1) is 12.0. The molecule has 5 heteroatoms. The third-order valence-electron chi connectivity index (χ3n) is 3.62. The number of nitrogens with zero attached hydrogens (tertiary/aromatic N) is 5. The normalized spacial score (nSPS) is 19.4. The van der Waals surface area contributed by atoms with Crippen molar-refractivity contribution in [3.8, 4) is 0 Å². The third-order valence-corrected chi connectivity index (χ3v) is 3.62. The van der Waals surface area contributed by atoms with Crippen LogP contribution in [0.5, 0.6) is 0 Å². The van der Waals surface area contributed by atoms with E-state index < -0.39 is 0 Å². The maximum absolute atomic E-state index is 4.46. The van der Waals surface area contributed by atoms with Gasteiger partial charge in [0.05, 0.1) is 11.9 Å². The number of rotatable bonds is 2. The molecule has 1 atom stereocenters. The summed E-state index contributed by atoms with van der Waals surface area (Å²) in [5.74, 6) is 1.41. The summed E-state index contributed by atoms with van der Waals surface area (Å²) in [6, 6.07) is 0. The topological polar surface area (TPSA) is 54.8 Å². The van der Waals surface area contributed by atoms with Crippen LogP contribution in [0, 0.1) is 6.92 Å². The van der Waals surface area contributed by atoms with Gasteiger partial charge >= 0.3 is 0 Å². The molecule has 0 bridgehead atoms. The fraction of sp³-hybridized carbons (Fsp3) is 0.429. The third kappa shape index (κ3) is 2.54. The van der Waals surface area contributed by atoms with Gasteiger partial charge in [-0.3, -0.25) is 4.98 Å². The second-order valence-corrected chi connectivity index (χ2v) is 4.94. The highest BCUT2D eigenvalue weighted by Gasteiger charge is 2.24. The lowest BCUT2D eigenvalue weighted by Gasteiger charge is -2.33. The molecular formula is C14H17N5. The van der Waals surface area contributed by atoms with Crippen LogP contribution in [0.4, 0.5) is 5.82 Å². The van der Waals surface area contributed by atoms with E-state index in [-0.39, 0.29) is 0 Å². The average molecular weight is 255 g/mol. The Kier molecular flexibility index (Phi) is 3.35. The number of aryl methyl sites for hydroxylation is 1. The SMILES string of the molecule is Cc1cncnc1[C@@H]1CCCN(c2cnccn2)C1. The highest BCUT2D eigenvalue weighted by molar-refractivity contribution is 5.37. The summed E-state index contributed by atoms with van der Waals surface area (Å²) < 4.78 is 0. The molecule has 98 valence electrons. The Labute approximate surface area is 112 Å². The molecule has 1 fully saturated rings. The van der Waals surface area contributed by atoms with Crippen LogP contribution in [0.25, 0.3) is 0 Å². The molecular weight excluding hydrogens is 238 g/mol. The maximum atomic E-state index is 4.46. The van der Waals surface area contributed by atoms with Gasteiger partial charge in [-0.25, -0.2) is 15.0 Å². The molecule has 0 N–H and O–H groups in total. The molecule has 2 aromatic rings. The van der Waals surface area contributed by atoms with Gasteiger partial charge in [-0.15, -0.1) is 0 Å². The van der Waals surface area contributed by atoms with E-state index in [9.17, 15) is 0 Å². The van der Waals surface area contributed by atoms with Gasteiger partial charge in [-0.05, 0) is 25.3 Å². The van der Waals surface area contributed by atoms with Gasteiger partial charge in [0.1, 0.15) is 12.1 Å². The van der Waals surface area contributed by atoms with Crippen LogP contribution in [-0.2, 0) is 0 Å². The summed E-state index contributed by atoms with van der Waals surface area (Å²) in [4.78, 5) is 19.3. The molecule has 0 aliphatic carbocycles. The van der Waals surface area contributed by atoms with Crippen molar-refractivity contribution < 1.29 is 0 Å². The number of piperidine rings is 1. The Balaban J connectivity index is 1.81. The molecule has 19 heavy (non-hydrogen) atoms. The van der Waals surface area contributed by atoms with Crippen molar-refractivity contribution in [3.05, 3.63) is 42.4 Å². The van der Waals surface area contributed by atoms with Crippen molar-refractivity contribution in [1.29, 1.82) is 0 Å². The van der Waals surface area contributed by atoms with Crippen LogP contribution in [0.3, 0.4) is 0 Å². The molecule has 3 heterocycles. The molecule has 1 aliphatic heterocycles. The van der Waals surface area contributed by atoms with E-state index in [1.807, 2.05) is 12.4 Å². The molecule has 5 nitrogen and oxygen atoms in total. The zero-order valence-corrected chi connectivity index (χ0v) is 11.0. The van der Waals surface area contributed by atoms with E-state index in [2.05, 4.69) is 31.8 Å². The first-order valence-electron chi connectivity index (χ1n) is 6.62. The molecule has 3 rings (SSSR count). The first-order valence-corrected chi connectivity index (χ1v) is 6.62. The molecule has 0 spiro atoms. The van der Waals surface area contributed by atoms with Crippen LogP contribution >= 0.6 is 0 Å².